The molecule has 3 aromatic heterocycles. The second-order valence-corrected chi connectivity index (χ2v) is 8.41. The number of benzene rings is 1. The van der Waals surface area contributed by atoms with Gasteiger partial charge in [-0.15, -0.1) is 5.10 Å². The van der Waals surface area contributed by atoms with Gasteiger partial charge in [-0.25, -0.2) is 9.50 Å². The number of nitrogens with zero attached hydrogens (tertiary/aromatic N) is 5. The van der Waals surface area contributed by atoms with Crippen LogP contribution in [0.25, 0.3) is 28.2 Å². The zero-order valence-electron chi connectivity index (χ0n) is 17.0. The Hall–Kier alpha value is -3.25. The van der Waals surface area contributed by atoms with E-state index in [1.54, 1.807) is 0 Å². The van der Waals surface area contributed by atoms with Gasteiger partial charge in [-0.3, -0.25) is 4.98 Å². The van der Waals surface area contributed by atoms with Gasteiger partial charge in [0.1, 0.15) is 11.5 Å². The van der Waals surface area contributed by atoms with Gasteiger partial charge in [0.05, 0.1) is 5.69 Å². The molecular weight excluding hydrogens is 372 g/mol. The molecule has 6 nitrogen and oxygen atoms in total. The van der Waals surface area contributed by atoms with Crippen LogP contribution in [0.1, 0.15) is 5.69 Å². The molecule has 0 saturated carbocycles. The summed E-state index contributed by atoms with van der Waals surface area (Å²) in [6.07, 6.45) is 1.86. The molecular formula is C24H24N6. The van der Waals surface area contributed by atoms with Crippen LogP contribution in [-0.2, 0) is 0 Å². The zero-order valence-corrected chi connectivity index (χ0v) is 17.0. The van der Waals surface area contributed by atoms with Crippen LogP contribution < -0.4 is 10.2 Å². The molecule has 4 aromatic rings. The highest BCUT2D eigenvalue weighted by Gasteiger charge is 2.36. The fraction of sp³-hybridized carbons (Fsp3) is 0.292. The molecule has 2 saturated heterocycles. The number of hydrogen-bond donors (Lipinski definition) is 1. The highest BCUT2D eigenvalue weighted by molar-refractivity contribution is 5.81. The van der Waals surface area contributed by atoms with Gasteiger partial charge in [0.2, 0.25) is 0 Å². The van der Waals surface area contributed by atoms with Crippen molar-refractivity contribution in [1.29, 1.82) is 0 Å². The number of hydrogen-bond acceptors (Lipinski definition) is 5. The van der Waals surface area contributed by atoms with Crippen molar-refractivity contribution in [3.63, 3.8) is 0 Å². The monoisotopic (exact) mass is 396 g/mol. The molecule has 6 heteroatoms. The fourth-order valence-electron chi connectivity index (χ4n) is 4.88. The van der Waals surface area contributed by atoms with Gasteiger partial charge in [0.15, 0.2) is 5.65 Å². The predicted molar refractivity (Wildman–Crippen MR) is 118 cm³/mol. The number of nitrogens with one attached hydrogen (secondary N) is 1. The number of pyridine rings is 1. The summed E-state index contributed by atoms with van der Waals surface area (Å²) in [6, 6.07) is 18.7. The Bertz CT molecular complexity index is 1200. The predicted octanol–water partition coefficient (Wildman–Crippen LogP) is 3.42. The summed E-state index contributed by atoms with van der Waals surface area (Å²) in [5.41, 5.74) is 6.00. The van der Waals surface area contributed by atoms with Gasteiger partial charge in [0, 0.05) is 49.2 Å². The molecule has 5 heterocycles. The van der Waals surface area contributed by atoms with E-state index in [1.165, 1.54) is 0 Å². The van der Waals surface area contributed by atoms with Crippen molar-refractivity contribution in [2.24, 2.45) is 11.8 Å². The minimum Gasteiger partial charge on any atom is -0.355 e. The first-order valence-corrected chi connectivity index (χ1v) is 10.6. The van der Waals surface area contributed by atoms with Crippen molar-refractivity contribution < 1.29 is 0 Å². The lowest BCUT2D eigenvalue weighted by Crippen LogP contribution is -2.26. The van der Waals surface area contributed by atoms with E-state index >= 15 is 0 Å². The fourth-order valence-corrected chi connectivity index (χ4v) is 4.88. The second kappa shape index (κ2) is 6.92. The Morgan fingerprint density at radius 2 is 1.73 bits per heavy atom. The van der Waals surface area contributed by atoms with E-state index in [0.29, 0.717) is 0 Å². The minimum atomic E-state index is 0.729. The first-order valence-electron chi connectivity index (χ1n) is 10.6. The summed E-state index contributed by atoms with van der Waals surface area (Å²) in [4.78, 5) is 11.8. The Kier molecular flexibility index (Phi) is 4.06. The molecule has 2 atom stereocenters. The number of fused-ring (bicyclic) bond motifs is 2. The van der Waals surface area contributed by atoms with Crippen molar-refractivity contribution in [2.75, 3.05) is 31.1 Å². The largest absolute Gasteiger partial charge is 0.355 e. The first-order chi connectivity index (χ1) is 14.8. The number of aromatic nitrogens is 4. The van der Waals surface area contributed by atoms with Crippen LogP contribution in [0.4, 0.5) is 5.82 Å². The van der Waals surface area contributed by atoms with E-state index in [2.05, 4.69) is 57.7 Å². The molecule has 0 spiro atoms. The van der Waals surface area contributed by atoms with Crippen molar-refractivity contribution >= 4 is 11.5 Å². The number of aryl methyl sites for hydroxylation is 1. The van der Waals surface area contributed by atoms with E-state index in [9.17, 15) is 0 Å². The Morgan fingerprint density at radius 3 is 2.50 bits per heavy atom. The summed E-state index contributed by atoms with van der Waals surface area (Å²) < 4.78 is 2.01. The molecule has 0 amide bonds. The van der Waals surface area contributed by atoms with Crippen LogP contribution in [0, 0.1) is 18.8 Å². The lowest BCUT2D eigenvalue weighted by molar-refractivity contribution is 0.533. The van der Waals surface area contributed by atoms with Crippen molar-refractivity contribution in [3.05, 3.63) is 66.5 Å². The third kappa shape index (κ3) is 2.87. The lowest BCUT2D eigenvalue weighted by atomic mass is 10.0. The Labute approximate surface area is 175 Å². The maximum atomic E-state index is 5.08. The second-order valence-electron chi connectivity index (χ2n) is 8.41. The third-order valence-corrected chi connectivity index (χ3v) is 6.39. The molecule has 30 heavy (non-hydrogen) atoms. The zero-order chi connectivity index (χ0) is 20.1. The lowest BCUT2D eigenvalue weighted by Gasteiger charge is -2.18. The summed E-state index contributed by atoms with van der Waals surface area (Å²) in [7, 11) is 0. The summed E-state index contributed by atoms with van der Waals surface area (Å²) >= 11 is 0. The third-order valence-electron chi connectivity index (χ3n) is 6.39. The van der Waals surface area contributed by atoms with Crippen molar-refractivity contribution in [2.45, 2.75) is 6.92 Å². The van der Waals surface area contributed by atoms with Crippen molar-refractivity contribution in [1.82, 2.24) is 24.9 Å². The minimum absolute atomic E-state index is 0.729. The normalized spacial score (nSPS) is 20.8. The van der Waals surface area contributed by atoms with Crippen LogP contribution in [-0.4, -0.2) is 45.8 Å². The van der Waals surface area contributed by atoms with E-state index in [0.717, 1.165) is 77.7 Å². The van der Waals surface area contributed by atoms with Crippen LogP contribution in [0.5, 0.6) is 0 Å². The molecule has 6 rings (SSSR count). The molecule has 0 bridgehead atoms. The molecule has 0 aliphatic carbocycles. The highest BCUT2D eigenvalue weighted by atomic mass is 15.3. The highest BCUT2D eigenvalue weighted by Crippen LogP contribution is 2.34. The summed E-state index contributed by atoms with van der Waals surface area (Å²) in [5, 5.41) is 8.59. The average Bonchev–Trinajstić information content (AvgIpc) is 3.47. The topological polar surface area (TPSA) is 58.4 Å². The maximum absolute atomic E-state index is 5.08. The summed E-state index contributed by atoms with van der Waals surface area (Å²) in [5.74, 6) is 2.49. The van der Waals surface area contributed by atoms with Crippen LogP contribution >= 0.6 is 0 Å². The molecule has 2 aliphatic heterocycles. The SMILES string of the molecule is Cc1cc(-c2c(-c3ccccc3)nc3ccc(N4CC5CNCC5C4)nn23)ccn1. The average molecular weight is 396 g/mol. The molecule has 2 aliphatic rings. The van der Waals surface area contributed by atoms with Gasteiger partial charge in [-0.05, 0) is 43.0 Å². The van der Waals surface area contributed by atoms with Gasteiger partial charge < -0.3 is 10.2 Å². The standard InChI is InChI=1S/C24H24N6/c1-16-11-18(9-10-26-16)24-23(17-5-3-2-4-6-17)27-21-7-8-22(28-30(21)24)29-14-19-12-25-13-20(19)15-29/h2-11,19-20,25H,12-15H2,1H3. The molecule has 2 unspecified atom stereocenters. The summed E-state index contributed by atoms with van der Waals surface area (Å²) in [6.45, 7) is 6.40. The smallest absolute Gasteiger partial charge is 0.155 e. The van der Waals surface area contributed by atoms with E-state index in [-0.39, 0.29) is 0 Å². The van der Waals surface area contributed by atoms with Gasteiger partial charge >= 0.3 is 0 Å². The van der Waals surface area contributed by atoms with Crippen molar-refractivity contribution in [3.8, 4) is 22.5 Å². The van der Waals surface area contributed by atoms with Gasteiger partial charge in [-0.1, -0.05) is 30.3 Å². The van der Waals surface area contributed by atoms with E-state index < -0.39 is 0 Å². The molecule has 1 N–H and O–H groups in total. The Balaban J connectivity index is 1.52. The quantitative estimate of drug-likeness (QED) is 0.575. The maximum Gasteiger partial charge on any atom is 0.155 e. The van der Waals surface area contributed by atoms with Gasteiger partial charge in [0.25, 0.3) is 0 Å². The molecule has 2 fully saturated rings. The van der Waals surface area contributed by atoms with E-state index in [4.69, 9.17) is 10.1 Å². The Morgan fingerprint density at radius 1 is 0.933 bits per heavy atom. The van der Waals surface area contributed by atoms with Crippen LogP contribution in [0.3, 0.4) is 0 Å². The number of rotatable bonds is 3. The van der Waals surface area contributed by atoms with E-state index in [1.807, 2.05) is 29.8 Å². The molecule has 1 aromatic carbocycles. The molecule has 150 valence electrons. The number of imidazole rings is 1. The van der Waals surface area contributed by atoms with Crippen LogP contribution in [0.2, 0.25) is 0 Å². The number of anilines is 1. The molecule has 0 radical (unpaired) electrons. The first kappa shape index (κ1) is 17.6. The van der Waals surface area contributed by atoms with Gasteiger partial charge in [-0.2, -0.15) is 0 Å². The van der Waals surface area contributed by atoms with Crippen LogP contribution in [0.15, 0.2) is 60.8 Å².